The van der Waals surface area contributed by atoms with Crippen molar-refractivity contribution in [2.24, 2.45) is 0 Å². The van der Waals surface area contributed by atoms with Crippen LogP contribution in [0.4, 0.5) is 4.39 Å². The van der Waals surface area contributed by atoms with Gasteiger partial charge in [-0.25, -0.2) is 4.39 Å². The van der Waals surface area contributed by atoms with Gasteiger partial charge in [0.2, 0.25) is 5.91 Å². The number of aromatic nitrogens is 1. The Bertz CT molecular complexity index is 564. The van der Waals surface area contributed by atoms with Crippen LogP contribution in [-0.2, 0) is 11.3 Å². The summed E-state index contributed by atoms with van der Waals surface area (Å²) in [5, 5.41) is 2.72. The molecular weight excluding hydrogens is 243 g/mol. The molecule has 1 aromatic carbocycles. The number of pyridine rings is 1. The molecule has 0 bridgehead atoms. The molecule has 1 heterocycles. The molecule has 1 N–H and O–H groups in total. The molecule has 0 unspecified atom stereocenters. The summed E-state index contributed by atoms with van der Waals surface area (Å²) in [6.45, 7) is 0.375. The van der Waals surface area contributed by atoms with Crippen LogP contribution >= 0.6 is 0 Å². The maximum Gasteiger partial charge on any atom is 0.244 e. The van der Waals surface area contributed by atoms with E-state index in [9.17, 15) is 9.18 Å². The van der Waals surface area contributed by atoms with Gasteiger partial charge in [0, 0.05) is 25.0 Å². The number of carbonyl (C=O) groups is 1. The molecule has 0 fully saturated rings. The Morgan fingerprint density at radius 1 is 1.16 bits per heavy atom. The number of halogens is 1. The molecule has 0 aliphatic rings. The van der Waals surface area contributed by atoms with Crippen LogP contribution in [0, 0.1) is 5.82 Å². The van der Waals surface area contributed by atoms with Crippen molar-refractivity contribution >= 4 is 12.0 Å². The Hall–Kier alpha value is -2.49. The molecule has 2 rings (SSSR count). The van der Waals surface area contributed by atoms with Gasteiger partial charge in [-0.1, -0.05) is 12.1 Å². The Balaban J connectivity index is 1.85. The van der Waals surface area contributed by atoms with Crippen LogP contribution in [0.2, 0.25) is 0 Å². The van der Waals surface area contributed by atoms with E-state index in [4.69, 9.17) is 0 Å². The number of carbonyl (C=O) groups excluding carboxylic acids is 1. The zero-order valence-electron chi connectivity index (χ0n) is 10.2. The average molecular weight is 256 g/mol. The second kappa shape index (κ2) is 6.44. The molecule has 1 amide bonds. The molecule has 0 radical (unpaired) electrons. The highest BCUT2D eigenvalue weighted by Crippen LogP contribution is 2.02. The molecule has 19 heavy (non-hydrogen) atoms. The van der Waals surface area contributed by atoms with E-state index in [1.54, 1.807) is 30.6 Å². The largest absolute Gasteiger partial charge is 0.348 e. The van der Waals surface area contributed by atoms with Crippen molar-refractivity contribution in [1.82, 2.24) is 10.3 Å². The third-order valence-corrected chi connectivity index (χ3v) is 2.51. The normalized spacial score (nSPS) is 10.6. The first-order valence-corrected chi connectivity index (χ1v) is 5.84. The van der Waals surface area contributed by atoms with Crippen molar-refractivity contribution in [3.05, 3.63) is 71.8 Å². The van der Waals surface area contributed by atoms with Crippen LogP contribution in [0.3, 0.4) is 0 Å². The fraction of sp³-hybridized carbons (Fsp3) is 0.0667. The number of nitrogens with one attached hydrogen (secondary N) is 1. The van der Waals surface area contributed by atoms with Crippen LogP contribution in [0.15, 0.2) is 54.9 Å². The summed E-state index contributed by atoms with van der Waals surface area (Å²) in [4.78, 5) is 15.5. The molecule has 1 aromatic heterocycles. The number of hydrogen-bond donors (Lipinski definition) is 1. The average Bonchev–Trinajstić information content (AvgIpc) is 2.45. The second-order valence-corrected chi connectivity index (χ2v) is 3.96. The summed E-state index contributed by atoms with van der Waals surface area (Å²) < 4.78 is 12.7. The molecule has 0 aliphatic heterocycles. The van der Waals surface area contributed by atoms with Crippen LogP contribution in [0.25, 0.3) is 6.08 Å². The minimum atomic E-state index is -0.285. The summed E-state index contributed by atoms with van der Waals surface area (Å²) in [6, 6.07) is 9.64. The summed E-state index contributed by atoms with van der Waals surface area (Å²) in [6.07, 6.45) is 6.49. The van der Waals surface area contributed by atoms with Crippen LogP contribution in [-0.4, -0.2) is 10.9 Å². The topological polar surface area (TPSA) is 42.0 Å². The van der Waals surface area contributed by atoms with E-state index in [-0.39, 0.29) is 11.7 Å². The maximum atomic E-state index is 12.7. The maximum absolute atomic E-state index is 12.7. The molecule has 2 aromatic rings. The zero-order chi connectivity index (χ0) is 13.5. The monoisotopic (exact) mass is 256 g/mol. The van der Waals surface area contributed by atoms with Crippen LogP contribution in [0.5, 0.6) is 0 Å². The molecule has 4 heteroatoms. The molecule has 0 saturated heterocycles. The van der Waals surface area contributed by atoms with E-state index >= 15 is 0 Å². The Morgan fingerprint density at radius 3 is 2.53 bits per heavy atom. The van der Waals surface area contributed by atoms with Crippen molar-refractivity contribution in [1.29, 1.82) is 0 Å². The van der Waals surface area contributed by atoms with Gasteiger partial charge < -0.3 is 5.32 Å². The van der Waals surface area contributed by atoms with Gasteiger partial charge in [-0.2, -0.15) is 0 Å². The number of nitrogens with zero attached hydrogens (tertiary/aromatic N) is 1. The molecule has 0 spiro atoms. The van der Waals surface area contributed by atoms with E-state index < -0.39 is 0 Å². The number of amides is 1. The van der Waals surface area contributed by atoms with E-state index in [2.05, 4.69) is 10.3 Å². The van der Waals surface area contributed by atoms with Gasteiger partial charge in [0.1, 0.15) is 5.82 Å². The fourth-order valence-electron chi connectivity index (χ4n) is 1.50. The van der Waals surface area contributed by atoms with Crippen molar-refractivity contribution in [3.63, 3.8) is 0 Å². The lowest BCUT2D eigenvalue weighted by Crippen LogP contribution is -2.20. The Labute approximate surface area is 110 Å². The smallest absolute Gasteiger partial charge is 0.244 e. The van der Waals surface area contributed by atoms with Gasteiger partial charge in [-0.15, -0.1) is 0 Å². The lowest BCUT2D eigenvalue weighted by Gasteiger charge is -2.02. The first-order valence-electron chi connectivity index (χ1n) is 5.84. The minimum Gasteiger partial charge on any atom is -0.348 e. The quantitative estimate of drug-likeness (QED) is 0.854. The highest BCUT2D eigenvalue weighted by molar-refractivity contribution is 5.91. The van der Waals surface area contributed by atoms with Crippen molar-refractivity contribution in [2.45, 2.75) is 6.54 Å². The molecule has 0 aliphatic carbocycles. The lowest BCUT2D eigenvalue weighted by atomic mass is 10.2. The predicted octanol–water partition coefficient (Wildman–Crippen LogP) is 2.55. The van der Waals surface area contributed by atoms with Crippen LogP contribution < -0.4 is 5.32 Å². The van der Waals surface area contributed by atoms with Crippen molar-refractivity contribution < 1.29 is 9.18 Å². The first-order chi connectivity index (χ1) is 9.24. The van der Waals surface area contributed by atoms with Crippen molar-refractivity contribution in [2.75, 3.05) is 0 Å². The van der Waals surface area contributed by atoms with Gasteiger partial charge in [0.05, 0.1) is 0 Å². The standard InChI is InChI=1S/C15H13FN2O/c16-14-4-1-13(2-5-14)11-18-15(19)6-3-12-7-9-17-10-8-12/h1-10H,11H2,(H,18,19). The third kappa shape index (κ3) is 4.35. The Morgan fingerprint density at radius 2 is 1.84 bits per heavy atom. The SMILES string of the molecule is O=C(C=Cc1ccncc1)NCc1ccc(F)cc1. The minimum absolute atomic E-state index is 0.193. The summed E-state index contributed by atoms with van der Waals surface area (Å²) in [7, 11) is 0. The van der Waals surface area contributed by atoms with Gasteiger partial charge in [0.25, 0.3) is 0 Å². The third-order valence-electron chi connectivity index (χ3n) is 2.51. The first kappa shape index (κ1) is 13.0. The molecule has 0 saturated carbocycles. The zero-order valence-corrected chi connectivity index (χ0v) is 10.2. The lowest BCUT2D eigenvalue weighted by molar-refractivity contribution is -0.116. The van der Waals surface area contributed by atoms with Gasteiger partial charge in [-0.3, -0.25) is 9.78 Å². The van der Waals surface area contributed by atoms with Crippen molar-refractivity contribution in [3.8, 4) is 0 Å². The summed E-state index contributed by atoms with van der Waals surface area (Å²) in [5.74, 6) is -0.478. The Kier molecular flexibility index (Phi) is 4.39. The van der Waals surface area contributed by atoms with Gasteiger partial charge in [-0.05, 0) is 41.5 Å². The molecular formula is C15H13FN2O. The summed E-state index contributed by atoms with van der Waals surface area (Å²) >= 11 is 0. The second-order valence-electron chi connectivity index (χ2n) is 3.96. The number of benzene rings is 1. The highest BCUT2D eigenvalue weighted by Gasteiger charge is 1.97. The number of rotatable bonds is 4. The van der Waals surface area contributed by atoms with Gasteiger partial charge >= 0.3 is 0 Å². The van der Waals surface area contributed by atoms with Gasteiger partial charge in [0.15, 0.2) is 0 Å². The highest BCUT2D eigenvalue weighted by atomic mass is 19.1. The summed E-state index contributed by atoms with van der Waals surface area (Å²) in [5.41, 5.74) is 1.76. The predicted molar refractivity (Wildman–Crippen MR) is 71.5 cm³/mol. The molecule has 3 nitrogen and oxygen atoms in total. The number of hydrogen-bond acceptors (Lipinski definition) is 2. The molecule has 96 valence electrons. The fourth-order valence-corrected chi connectivity index (χ4v) is 1.50. The van der Waals surface area contributed by atoms with Crippen LogP contribution in [0.1, 0.15) is 11.1 Å². The molecule has 0 atom stereocenters. The van der Waals surface area contributed by atoms with E-state index in [1.807, 2.05) is 12.1 Å². The van der Waals surface area contributed by atoms with E-state index in [1.165, 1.54) is 18.2 Å². The van der Waals surface area contributed by atoms with E-state index in [0.717, 1.165) is 11.1 Å². The van der Waals surface area contributed by atoms with E-state index in [0.29, 0.717) is 6.54 Å².